The average molecular weight is 310 g/mol. The second-order valence-corrected chi connectivity index (χ2v) is 6.07. The molecule has 0 saturated carbocycles. The molecule has 0 aliphatic rings. The van der Waals surface area contributed by atoms with Gasteiger partial charge in [-0.15, -0.1) is 11.3 Å². The van der Waals surface area contributed by atoms with Crippen molar-refractivity contribution in [3.05, 3.63) is 24.3 Å². The first-order chi connectivity index (χ1) is 9.69. The third kappa shape index (κ3) is 4.21. The van der Waals surface area contributed by atoms with Crippen LogP contribution >= 0.6 is 23.1 Å². The number of ether oxygens (including phenoxy) is 1. The van der Waals surface area contributed by atoms with Gasteiger partial charge in [-0.25, -0.2) is 4.98 Å². The molecule has 1 heterocycles. The van der Waals surface area contributed by atoms with Crippen LogP contribution in [0, 0.1) is 0 Å². The highest BCUT2D eigenvalue weighted by Crippen LogP contribution is 2.28. The molecule has 20 heavy (non-hydrogen) atoms. The zero-order valence-electron chi connectivity index (χ0n) is 10.9. The largest absolute Gasteiger partial charge is 0.465 e. The van der Waals surface area contributed by atoms with E-state index in [0.717, 1.165) is 14.6 Å². The molecule has 0 saturated heterocycles. The summed E-state index contributed by atoms with van der Waals surface area (Å²) < 4.78 is 6.67. The van der Waals surface area contributed by atoms with Gasteiger partial charge in [0.1, 0.15) is 6.54 Å². The highest BCUT2D eigenvalue weighted by atomic mass is 32.2. The molecular weight excluding hydrogens is 296 g/mol. The summed E-state index contributed by atoms with van der Waals surface area (Å²) in [5, 5.41) is 2.51. The fourth-order valence-electron chi connectivity index (χ4n) is 1.47. The van der Waals surface area contributed by atoms with E-state index in [1.165, 1.54) is 11.8 Å². The van der Waals surface area contributed by atoms with Gasteiger partial charge in [0.05, 0.1) is 22.6 Å². The SMILES string of the molecule is CCOC(=O)CNC(=O)CSc1nc2ccccc2s1. The number of hydrogen-bond acceptors (Lipinski definition) is 6. The number of nitrogens with one attached hydrogen (secondary N) is 1. The lowest BCUT2D eigenvalue weighted by Crippen LogP contribution is -2.31. The topological polar surface area (TPSA) is 68.3 Å². The number of hydrogen-bond donors (Lipinski definition) is 1. The molecule has 1 amide bonds. The zero-order valence-corrected chi connectivity index (χ0v) is 12.6. The number of thiazole rings is 1. The van der Waals surface area contributed by atoms with Crippen molar-refractivity contribution in [2.24, 2.45) is 0 Å². The Bertz CT molecular complexity index is 579. The number of amides is 1. The van der Waals surface area contributed by atoms with E-state index in [9.17, 15) is 9.59 Å². The van der Waals surface area contributed by atoms with Gasteiger partial charge < -0.3 is 10.1 Å². The monoisotopic (exact) mass is 310 g/mol. The van der Waals surface area contributed by atoms with Crippen LogP contribution in [-0.2, 0) is 14.3 Å². The number of carbonyl (C=O) groups excluding carboxylic acids is 2. The van der Waals surface area contributed by atoms with Crippen LogP contribution in [0.5, 0.6) is 0 Å². The third-order valence-corrected chi connectivity index (χ3v) is 4.52. The molecular formula is C13H14N2O3S2. The van der Waals surface area contributed by atoms with Gasteiger partial charge in [0, 0.05) is 0 Å². The van der Waals surface area contributed by atoms with Gasteiger partial charge in [-0.05, 0) is 19.1 Å². The molecule has 2 aromatic rings. The third-order valence-electron chi connectivity index (χ3n) is 2.34. The lowest BCUT2D eigenvalue weighted by atomic mass is 10.3. The van der Waals surface area contributed by atoms with Crippen molar-refractivity contribution < 1.29 is 14.3 Å². The van der Waals surface area contributed by atoms with E-state index in [2.05, 4.69) is 10.3 Å². The highest BCUT2D eigenvalue weighted by molar-refractivity contribution is 8.01. The molecule has 5 nitrogen and oxygen atoms in total. The second-order valence-electron chi connectivity index (χ2n) is 3.82. The minimum Gasteiger partial charge on any atom is -0.465 e. The van der Waals surface area contributed by atoms with Crippen molar-refractivity contribution in [3.8, 4) is 0 Å². The predicted molar refractivity (Wildman–Crippen MR) is 80.0 cm³/mol. The lowest BCUT2D eigenvalue weighted by Gasteiger charge is -2.03. The Morgan fingerprint density at radius 3 is 2.95 bits per heavy atom. The van der Waals surface area contributed by atoms with Crippen LogP contribution in [0.4, 0.5) is 0 Å². The van der Waals surface area contributed by atoms with Crippen molar-refractivity contribution >= 4 is 45.2 Å². The van der Waals surface area contributed by atoms with Crippen LogP contribution in [-0.4, -0.2) is 35.8 Å². The van der Waals surface area contributed by atoms with Gasteiger partial charge in [-0.2, -0.15) is 0 Å². The second kappa shape index (κ2) is 7.25. The summed E-state index contributed by atoms with van der Waals surface area (Å²) >= 11 is 2.91. The fourth-order valence-corrected chi connectivity index (χ4v) is 3.37. The van der Waals surface area contributed by atoms with Crippen LogP contribution in [0.3, 0.4) is 0 Å². The quantitative estimate of drug-likeness (QED) is 0.653. The van der Waals surface area contributed by atoms with Gasteiger partial charge in [0.15, 0.2) is 4.34 Å². The van der Waals surface area contributed by atoms with Gasteiger partial charge in [-0.1, -0.05) is 23.9 Å². The number of nitrogens with zero attached hydrogens (tertiary/aromatic N) is 1. The molecule has 0 aliphatic heterocycles. The molecule has 106 valence electrons. The maximum atomic E-state index is 11.6. The molecule has 7 heteroatoms. The summed E-state index contributed by atoms with van der Waals surface area (Å²) in [6.45, 7) is 1.95. The van der Waals surface area contributed by atoms with Crippen LogP contribution < -0.4 is 5.32 Å². The average Bonchev–Trinajstić information content (AvgIpc) is 2.86. The van der Waals surface area contributed by atoms with Crippen LogP contribution in [0.25, 0.3) is 10.2 Å². The van der Waals surface area contributed by atoms with Crippen molar-refractivity contribution in [3.63, 3.8) is 0 Å². The molecule has 0 radical (unpaired) electrons. The summed E-state index contributed by atoms with van der Waals surface area (Å²) in [5.74, 6) is -0.396. The van der Waals surface area contributed by atoms with Crippen molar-refractivity contribution in [1.82, 2.24) is 10.3 Å². The Balaban J connectivity index is 1.79. The van der Waals surface area contributed by atoms with E-state index < -0.39 is 5.97 Å². The number of esters is 1. The normalized spacial score (nSPS) is 10.4. The van der Waals surface area contributed by atoms with Crippen LogP contribution in [0.2, 0.25) is 0 Å². The molecule has 1 aromatic heterocycles. The standard InChI is InChI=1S/C13H14N2O3S2/c1-2-18-12(17)7-14-11(16)8-19-13-15-9-5-3-4-6-10(9)20-13/h3-6H,2,7-8H2,1H3,(H,14,16). The number of fused-ring (bicyclic) bond motifs is 1. The molecule has 0 fully saturated rings. The summed E-state index contributed by atoms with van der Waals surface area (Å²) in [5.41, 5.74) is 0.937. The Kier molecular flexibility index (Phi) is 5.37. The Labute approximate surface area is 124 Å². The van der Waals surface area contributed by atoms with Crippen LogP contribution in [0.1, 0.15) is 6.92 Å². The summed E-state index contributed by atoms with van der Waals surface area (Å²) in [4.78, 5) is 27.1. The number of rotatable bonds is 6. The molecule has 2 rings (SSSR count). The van der Waals surface area contributed by atoms with Crippen LogP contribution in [0.15, 0.2) is 28.6 Å². The Morgan fingerprint density at radius 1 is 1.40 bits per heavy atom. The minimum absolute atomic E-state index is 0.0902. The van der Waals surface area contributed by atoms with E-state index in [1.54, 1.807) is 18.3 Å². The van der Waals surface area contributed by atoms with Gasteiger partial charge >= 0.3 is 5.97 Å². The maximum absolute atomic E-state index is 11.6. The minimum atomic E-state index is -0.425. The highest BCUT2D eigenvalue weighted by Gasteiger charge is 2.09. The molecule has 0 aliphatic carbocycles. The van der Waals surface area contributed by atoms with E-state index in [-0.39, 0.29) is 18.2 Å². The summed E-state index contributed by atoms with van der Waals surface area (Å²) in [6, 6.07) is 7.83. The Hall–Kier alpha value is -1.60. The fraction of sp³-hybridized carbons (Fsp3) is 0.308. The van der Waals surface area contributed by atoms with Crippen molar-refractivity contribution in [2.45, 2.75) is 11.3 Å². The van der Waals surface area contributed by atoms with Crippen molar-refractivity contribution in [2.75, 3.05) is 18.9 Å². The molecule has 0 atom stereocenters. The van der Waals surface area contributed by atoms with E-state index in [1.807, 2.05) is 24.3 Å². The van der Waals surface area contributed by atoms with Gasteiger partial charge in [-0.3, -0.25) is 9.59 Å². The Morgan fingerprint density at radius 2 is 2.20 bits per heavy atom. The first kappa shape index (κ1) is 14.8. The maximum Gasteiger partial charge on any atom is 0.325 e. The molecule has 1 N–H and O–H groups in total. The smallest absolute Gasteiger partial charge is 0.325 e. The first-order valence-corrected chi connectivity index (χ1v) is 7.90. The lowest BCUT2D eigenvalue weighted by molar-refractivity contribution is -0.143. The number of thioether (sulfide) groups is 1. The van der Waals surface area contributed by atoms with Gasteiger partial charge in [0.25, 0.3) is 0 Å². The molecule has 1 aromatic carbocycles. The predicted octanol–water partition coefficient (Wildman–Crippen LogP) is 2.07. The number of benzene rings is 1. The first-order valence-electron chi connectivity index (χ1n) is 6.09. The number of para-hydroxylation sites is 1. The molecule has 0 bridgehead atoms. The zero-order chi connectivity index (χ0) is 14.4. The number of carbonyl (C=O) groups is 2. The van der Waals surface area contributed by atoms with E-state index in [4.69, 9.17) is 4.74 Å². The molecule has 0 spiro atoms. The van der Waals surface area contributed by atoms with Crippen molar-refractivity contribution in [1.29, 1.82) is 0 Å². The van der Waals surface area contributed by atoms with Gasteiger partial charge in [0.2, 0.25) is 5.91 Å². The number of aromatic nitrogens is 1. The molecule has 0 unspecified atom stereocenters. The van der Waals surface area contributed by atoms with E-state index in [0.29, 0.717) is 6.61 Å². The van der Waals surface area contributed by atoms with E-state index >= 15 is 0 Å². The summed E-state index contributed by atoms with van der Waals surface area (Å²) in [6.07, 6.45) is 0. The summed E-state index contributed by atoms with van der Waals surface area (Å²) in [7, 11) is 0.